The molecule has 18 heavy (non-hydrogen) atoms. The molecule has 1 amide bonds. The first-order valence-electron chi connectivity index (χ1n) is 6.34. The van der Waals surface area contributed by atoms with Crippen molar-refractivity contribution in [1.29, 1.82) is 0 Å². The highest BCUT2D eigenvalue weighted by Crippen LogP contribution is 2.30. The second-order valence-electron chi connectivity index (χ2n) is 4.56. The first-order valence-corrected chi connectivity index (χ1v) is 7.15. The predicted octanol–water partition coefficient (Wildman–Crippen LogP) is 3.14. The average Bonchev–Trinajstić information content (AvgIpc) is 3.02. The van der Waals surface area contributed by atoms with Gasteiger partial charge in [0.1, 0.15) is 5.76 Å². The Morgan fingerprint density at radius 2 is 2.33 bits per heavy atom. The highest BCUT2D eigenvalue weighted by Gasteiger charge is 2.26. The van der Waals surface area contributed by atoms with E-state index in [1.807, 2.05) is 26.0 Å². The lowest BCUT2D eigenvalue weighted by Crippen LogP contribution is -2.29. The van der Waals surface area contributed by atoms with E-state index < -0.39 is 0 Å². The lowest BCUT2D eigenvalue weighted by molar-refractivity contribution is -0.122. The Kier molecular flexibility index (Phi) is 4.07. The Morgan fingerprint density at radius 1 is 1.61 bits per heavy atom. The second kappa shape index (κ2) is 5.57. The minimum atomic E-state index is -0.0984. The van der Waals surface area contributed by atoms with Crippen LogP contribution in [0.3, 0.4) is 0 Å². The fraction of sp³-hybridized carbons (Fsp3) is 0.500. The number of hydrogen-bond acceptors (Lipinski definition) is 3. The standard InChI is InChI=1S/C14H19NO2S/c1-4-17-10(3)13-8-7-12(18-13)9(2)14(16)15-11-5-6-11/h7-9,11H,3-6H2,1-2H3,(H,15,16). The van der Waals surface area contributed by atoms with Gasteiger partial charge in [0.2, 0.25) is 5.91 Å². The summed E-state index contributed by atoms with van der Waals surface area (Å²) in [7, 11) is 0. The lowest BCUT2D eigenvalue weighted by atomic mass is 10.1. The molecule has 1 saturated carbocycles. The summed E-state index contributed by atoms with van der Waals surface area (Å²) >= 11 is 1.58. The van der Waals surface area contributed by atoms with E-state index in [0.717, 1.165) is 22.6 Å². The van der Waals surface area contributed by atoms with Crippen molar-refractivity contribution in [3.8, 4) is 0 Å². The van der Waals surface area contributed by atoms with Crippen LogP contribution >= 0.6 is 11.3 Å². The molecule has 3 nitrogen and oxygen atoms in total. The summed E-state index contributed by atoms with van der Waals surface area (Å²) in [6.45, 7) is 8.37. The van der Waals surface area contributed by atoms with Crippen LogP contribution in [0.25, 0.3) is 5.76 Å². The normalized spacial score (nSPS) is 16.1. The average molecular weight is 265 g/mol. The third kappa shape index (κ3) is 3.13. The van der Waals surface area contributed by atoms with Gasteiger partial charge < -0.3 is 10.1 Å². The van der Waals surface area contributed by atoms with E-state index in [4.69, 9.17) is 4.74 Å². The van der Waals surface area contributed by atoms with Gasteiger partial charge in [0.05, 0.1) is 17.4 Å². The van der Waals surface area contributed by atoms with Crippen LogP contribution in [0.2, 0.25) is 0 Å². The molecule has 1 aliphatic rings. The van der Waals surface area contributed by atoms with Gasteiger partial charge >= 0.3 is 0 Å². The summed E-state index contributed by atoms with van der Waals surface area (Å²) in [5.41, 5.74) is 0. The van der Waals surface area contributed by atoms with Gasteiger partial charge in [0, 0.05) is 10.9 Å². The summed E-state index contributed by atoms with van der Waals surface area (Å²) in [5, 5.41) is 3.03. The van der Waals surface area contributed by atoms with Crippen molar-refractivity contribution in [1.82, 2.24) is 5.32 Å². The minimum absolute atomic E-state index is 0.0984. The van der Waals surface area contributed by atoms with Crippen LogP contribution in [0.15, 0.2) is 18.7 Å². The molecule has 1 heterocycles. The van der Waals surface area contributed by atoms with E-state index in [9.17, 15) is 4.79 Å². The molecule has 1 aromatic heterocycles. The van der Waals surface area contributed by atoms with Crippen molar-refractivity contribution < 1.29 is 9.53 Å². The molecule has 1 atom stereocenters. The molecular formula is C14H19NO2S. The Labute approximate surface area is 112 Å². The maximum atomic E-state index is 11.9. The number of nitrogens with one attached hydrogen (secondary N) is 1. The number of amides is 1. The fourth-order valence-corrected chi connectivity index (χ4v) is 2.65. The minimum Gasteiger partial charge on any atom is -0.493 e. The Hall–Kier alpha value is -1.29. The smallest absolute Gasteiger partial charge is 0.228 e. The van der Waals surface area contributed by atoms with Crippen LogP contribution in [0.4, 0.5) is 0 Å². The fourth-order valence-electron chi connectivity index (χ4n) is 1.66. The summed E-state index contributed by atoms with van der Waals surface area (Å²) < 4.78 is 5.37. The van der Waals surface area contributed by atoms with Crippen molar-refractivity contribution in [2.75, 3.05) is 6.61 Å². The van der Waals surface area contributed by atoms with Gasteiger partial charge in [-0.15, -0.1) is 11.3 Å². The highest BCUT2D eigenvalue weighted by atomic mass is 32.1. The molecule has 0 spiro atoms. The summed E-state index contributed by atoms with van der Waals surface area (Å²) in [4.78, 5) is 14.0. The van der Waals surface area contributed by atoms with E-state index in [2.05, 4.69) is 11.9 Å². The van der Waals surface area contributed by atoms with Crippen LogP contribution < -0.4 is 5.32 Å². The van der Waals surface area contributed by atoms with E-state index in [0.29, 0.717) is 18.4 Å². The van der Waals surface area contributed by atoms with Gasteiger partial charge in [-0.2, -0.15) is 0 Å². The molecule has 1 unspecified atom stereocenters. The first kappa shape index (κ1) is 13.1. The second-order valence-corrected chi connectivity index (χ2v) is 5.68. The van der Waals surface area contributed by atoms with Crippen LogP contribution in [0, 0.1) is 0 Å². The monoisotopic (exact) mass is 265 g/mol. The maximum absolute atomic E-state index is 11.9. The maximum Gasteiger partial charge on any atom is 0.228 e. The first-order chi connectivity index (χ1) is 8.61. The van der Waals surface area contributed by atoms with E-state index >= 15 is 0 Å². The molecule has 0 bridgehead atoms. The SMILES string of the molecule is C=C(OCC)c1ccc(C(C)C(=O)NC2CC2)s1. The van der Waals surface area contributed by atoms with E-state index in [-0.39, 0.29) is 11.8 Å². The topological polar surface area (TPSA) is 38.3 Å². The molecule has 0 aromatic carbocycles. The largest absolute Gasteiger partial charge is 0.493 e. The van der Waals surface area contributed by atoms with Gasteiger partial charge in [-0.05, 0) is 38.8 Å². The van der Waals surface area contributed by atoms with Crippen molar-refractivity contribution in [3.05, 3.63) is 28.5 Å². The summed E-state index contributed by atoms with van der Waals surface area (Å²) in [5.74, 6) is 0.704. The zero-order chi connectivity index (χ0) is 13.1. The quantitative estimate of drug-likeness (QED) is 0.802. The van der Waals surface area contributed by atoms with E-state index in [1.165, 1.54) is 0 Å². The van der Waals surface area contributed by atoms with Gasteiger partial charge in [-0.1, -0.05) is 6.58 Å². The number of carbonyl (C=O) groups excluding carboxylic acids is 1. The van der Waals surface area contributed by atoms with Crippen molar-refractivity contribution in [2.24, 2.45) is 0 Å². The molecule has 1 N–H and O–H groups in total. The van der Waals surface area contributed by atoms with Crippen LogP contribution in [-0.2, 0) is 9.53 Å². The van der Waals surface area contributed by atoms with E-state index in [1.54, 1.807) is 11.3 Å². The molecule has 4 heteroatoms. The molecule has 1 aliphatic carbocycles. The number of rotatable bonds is 6. The van der Waals surface area contributed by atoms with Crippen LogP contribution in [0.1, 0.15) is 42.4 Å². The van der Waals surface area contributed by atoms with Gasteiger partial charge in [-0.25, -0.2) is 0 Å². The van der Waals surface area contributed by atoms with Crippen LogP contribution in [-0.4, -0.2) is 18.6 Å². The molecule has 98 valence electrons. The van der Waals surface area contributed by atoms with Gasteiger partial charge in [-0.3, -0.25) is 4.79 Å². The van der Waals surface area contributed by atoms with Crippen molar-refractivity contribution in [2.45, 2.75) is 38.6 Å². The molecule has 1 fully saturated rings. The van der Waals surface area contributed by atoms with Crippen molar-refractivity contribution in [3.63, 3.8) is 0 Å². The zero-order valence-corrected chi connectivity index (χ0v) is 11.7. The number of thiophene rings is 1. The molecule has 0 aliphatic heterocycles. The Morgan fingerprint density at radius 3 is 2.94 bits per heavy atom. The Bertz CT molecular complexity index is 448. The molecule has 0 saturated heterocycles. The highest BCUT2D eigenvalue weighted by molar-refractivity contribution is 7.13. The molecule has 0 radical (unpaired) electrons. The molecular weight excluding hydrogens is 246 g/mol. The summed E-state index contributed by atoms with van der Waals surface area (Å²) in [6.07, 6.45) is 2.24. The molecule has 1 aromatic rings. The van der Waals surface area contributed by atoms with Crippen molar-refractivity contribution >= 4 is 23.0 Å². The third-order valence-electron chi connectivity index (χ3n) is 2.96. The number of carbonyl (C=O) groups is 1. The zero-order valence-electron chi connectivity index (χ0n) is 10.9. The predicted molar refractivity (Wildman–Crippen MR) is 74.6 cm³/mol. The van der Waals surface area contributed by atoms with Gasteiger partial charge in [0.25, 0.3) is 0 Å². The summed E-state index contributed by atoms with van der Waals surface area (Å²) in [6, 6.07) is 4.37. The Balaban J connectivity index is 1.99. The van der Waals surface area contributed by atoms with Gasteiger partial charge in [0.15, 0.2) is 0 Å². The lowest BCUT2D eigenvalue weighted by Gasteiger charge is -2.09. The number of ether oxygens (including phenoxy) is 1. The number of hydrogen-bond donors (Lipinski definition) is 1. The molecule has 2 rings (SSSR count). The third-order valence-corrected chi connectivity index (χ3v) is 4.27. The van der Waals surface area contributed by atoms with Crippen LogP contribution in [0.5, 0.6) is 0 Å².